The van der Waals surface area contributed by atoms with Gasteiger partial charge in [-0.3, -0.25) is 10.1 Å². The number of para-hydroxylation sites is 2. The molecular formula is C29H32BrN3O5. The third-order valence-electron chi connectivity index (χ3n) is 5.69. The summed E-state index contributed by atoms with van der Waals surface area (Å²) in [5.74, 6) is 0.282. The molecule has 0 aromatic heterocycles. The standard InChI is InChI=1S/C29H32BrN3O5/c1-20(6-2-5-9-27(35)33-26-8-4-3-7-25(26)31)28(21-10-16-24(17-11-21)37-19-18-34)38-29(36)32-23-14-12-22(30)13-15-23/h3-5,7-17,20,28,34H,2,6,18-19,31H2,1H3,(H,32,36)(H,33,35)/b9-5+/t20-,28+/m0/s1. The zero-order valence-corrected chi connectivity index (χ0v) is 22.7. The number of aliphatic hydroxyl groups is 1. The van der Waals surface area contributed by atoms with Crippen LogP contribution in [-0.4, -0.2) is 30.3 Å². The van der Waals surface area contributed by atoms with Crippen molar-refractivity contribution in [3.8, 4) is 5.75 Å². The molecule has 0 radical (unpaired) electrons. The Morgan fingerprint density at radius 3 is 2.42 bits per heavy atom. The van der Waals surface area contributed by atoms with Gasteiger partial charge < -0.3 is 25.6 Å². The number of nitrogen functional groups attached to an aromatic ring is 1. The van der Waals surface area contributed by atoms with E-state index in [1.807, 2.05) is 31.2 Å². The smallest absolute Gasteiger partial charge is 0.412 e. The fourth-order valence-electron chi connectivity index (χ4n) is 3.71. The number of halogens is 1. The molecule has 0 heterocycles. The van der Waals surface area contributed by atoms with Crippen LogP contribution in [0, 0.1) is 5.92 Å². The second-order valence-electron chi connectivity index (χ2n) is 8.63. The van der Waals surface area contributed by atoms with Crippen LogP contribution >= 0.6 is 15.9 Å². The predicted octanol–water partition coefficient (Wildman–Crippen LogP) is 6.30. The van der Waals surface area contributed by atoms with Gasteiger partial charge in [0.2, 0.25) is 5.91 Å². The number of rotatable bonds is 12. The van der Waals surface area contributed by atoms with Crippen LogP contribution in [-0.2, 0) is 9.53 Å². The number of allylic oxidation sites excluding steroid dienone is 1. The molecule has 0 aliphatic heterocycles. The van der Waals surface area contributed by atoms with E-state index in [1.54, 1.807) is 54.6 Å². The number of nitrogens with one attached hydrogen (secondary N) is 2. The summed E-state index contributed by atoms with van der Waals surface area (Å²) in [5.41, 5.74) is 8.36. The Balaban J connectivity index is 1.63. The molecule has 0 aliphatic rings. The third kappa shape index (κ3) is 9.24. The highest BCUT2D eigenvalue weighted by Gasteiger charge is 2.23. The molecule has 0 aliphatic carbocycles. The number of ether oxygens (including phenoxy) is 2. The molecule has 2 atom stereocenters. The molecule has 3 aromatic carbocycles. The Morgan fingerprint density at radius 2 is 1.74 bits per heavy atom. The first-order valence-electron chi connectivity index (χ1n) is 12.2. The average Bonchev–Trinajstić information content (AvgIpc) is 2.91. The lowest BCUT2D eigenvalue weighted by atomic mass is 9.93. The predicted molar refractivity (Wildman–Crippen MR) is 153 cm³/mol. The highest BCUT2D eigenvalue weighted by molar-refractivity contribution is 9.10. The molecule has 8 nitrogen and oxygen atoms in total. The van der Waals surface area contributed by atoms with Crippen LogP contribution in [0.25, 0.3) is 0 Å². The van der Waals surface area contributed by atoms with Gasteiger partial charge in [-0.1, -0.05) is 53.2 Å². The van der Waals surface area contributed by atoms with E-state index < -0.39 is 12.2 Å². The topological polar surface area (TPSA) is 123 Å². The van der Waals surface area contributed by atoms with E-state index in [0.29, 0.717) is 35.7 Å². The number of nitrogens with two attached hydrogens (primary N) is 1. The van der Waals surface area contributed by atoms with E-state index in [-0.39, 0.29) is 25.0 Å². The van der Waals surface area contributed by atoms with Gasteiger partial charge in [0.1, 0.15) is 18.5 Å². The third-order valence-corrected chi connectivity index (χ3v) is 6.22. The number of aliphatic hydroxyl groups excluding tert-OH is 1. The Hall–Kier alpha value is -3.82. The molecule has 2 amide bonds. The lowest BCUT2D eigenvalue weighted by Crippen LogP contribution is -2.22. The zero-order chi connectivity index (χ0) is 27.3. The Morgan fingerprint density at radius 1 is 1.03 bits per heavy atom. The SMILES string of the molecule is C[C@@H](CC/C=C/C(=O)Nc1ccccc1N)[C@@H](OC(=O)Nc1ccc(Br)cc1)c1ccc(OCCO)cc1. The summed E-state index contributed by atoms with van der Waals surface area (Å²) in [4.78, 5) is 25.0. The molecule has 0 spiro atoms. The normalized spacial score (nSPS) is 12.5. The van der Waals surface area contributed by atoms with E-state index >= 15 is 0 Å². The summed E-state index contributed by atoms with van der Waals surface area (Å²) in [6, 6.07) is 21.5. The number of anilines is 3. The maximum atomic E-state index is 12.7. The molecule has 0 fully saturated rings. The van der Waals surface area contributed by atoms with Crippen molar-refractivity contribution in [2.24, 2.45) is 5.92 Å². The highest BCUT2D eigenvalue weighted by atomic mass is 79.9. The first-order chi connectivity index (χ1) is 18.4. The van der Waals surface area contributed by atoms with E-state index in [1.165, 1.54) is 6.08 Å². The van der Waals surface area contributed by atoms with Gasteiger partial charge in [-0.2, -0.15) is 0 Å². The zero-order valence-electron chi connectivity index (χ0n) is 21.1. The molecule has 9 heteroatoms. The molecule has 38 heavy (non-hydrogen) atoms. The molecule has 3 aromatic rings. The van der Waals surface area contributed by atoms with Crippen LogP contribution in [0.2, 0.25) is 0 Å². The molecule has 200 valence electrons. The minimum atomic E-state index is -0.569. The average molecular weight is 582 g/mol. The van der Waals surface area contributed by atoms with Gasteiger partial charge in [0.15, 0.2) is 0 Å². The number of amides is 2. The van der Waals surface area contributed by atoms with Crippen molar-refractivity contribution in [2.75, 3.05) is 29.6 Å². The number of carbonyl (C=O) groups is 2. The molecule has 3 rings (SSSR count). The first kappa shape index (κ1) is 28.7. The van der Waals surface area contributed by atoms with Gasteiger partial charge >= 0.3 is 6.09 Å². The second-order valence-corrected chi connectivity index (χ2v) is 9.55. The van der Waals surface area contributed by atoms with E-state index in [0.717, 1.165) is 10.0 Å². The summed E-state index contributed by atoms with van der Waals surface area (Å²) >= 11 is 3.38. The quantitative estimate of drug-likeness (QED) is 0.147. The lowest BCUT2D eigenvalue weighted by Gasteiger charge is -2.25. The number of carbonyl (C=O) groups excluding carboxylic acids is 2. The summed E-state index contributed by atoms with van der Waals surface area (Å²) in [7, 11) is 0. The second kappa shape index (κ2) is 14.8. The van der Waals surface area contributed by atoms with Crippen molar-refractivity contribution < 1.29 is 24.2 Å². The van der Waals surface area contributed by atoms with Crippen molar-refractivity contribution in [1.29, 1.82) is 0 Å². The summed E-state index contributed by atoms with van der Waals surface area (Å²) in [6.07, 6.45) is 3.42. The van der Waals surface area contributed by atoms with Gasteiger partial charge in [0, 0.05) is 10.2 Å². The highest BCUT2D eigenvalue weighted by Crippen LogP contribution is 2.31. The summed E-state index contributed by atoms with van der Waals surface area (Å²) in [6.45, 7) is 2.11. The van der Waals surface area contributed by atoms with Crippen LogP contribution < -0.4 is 21.1 Å². The van der Waals surface area contributed by atoms with Gasteiger partial charge in [-0.15, -0.1) is 0 Å². The van der Waals surface area contributed by atoms with Crippen molar-refractivity contribution in [2.45, 2.75) is 25.9 Å². The van der Waals surface area contributed by atoms with Crippen LogP contribution in [0.3, 0.4) is 0 Å². The van der Waals surface area contributed by atoms with E-state index in [4.69, 9.17) is 20.3 Å². The molecular weight excluding hydrogens is 550 g/mol. The van der Waals surface area contributed by atoms with Crippen molar-refractivity contribution >= 4 is 45.0 Å². The summed E-state index contributed by atoms with van der Waals surface area (Å²) < 4.78 is 12.2. The Kier molecular flexibility index (Phi) is 11.2. The molecule has 0 bridgehead atoms. The van der Waals surface area contributed by atoms with Crippen molar-refractivity contribution in [1.82, 2.24) is 0 Å². The lowest BCUT2D eigenvalue weighted by molar-refractivity contribution is -0.111. The van der Waals surface area contributed by atoms with Crippen LogP contribution in [0.5, 0.6) is 5.75 Å². The van der Waals surface area contributed by atoms with Crippen LogP contribution in [0.4, 0.5) is 21.9 Å². The van der Waals surface area contributed by atoms with Gasteiger partial charge in [-0.25, -0.2) is 4.79 Å². The number of hydrogen-bond donors (Lipinski definition) is 4. The maximum absolute atomic E-state index is 12.7. The first-order valence-corrected chi connectivity index (χ1v) is 13.0. The molecule has 0 saturated carbocycles. The Labute approximate surface area is 231 Å². The summed E-state index contributed by atoms with van der Waals surface area (Å²) in [5, 5.41) is 14.5. The largest absolute Gasteiger partial charge is 0.491 e. The van der Waals surface area contributed by atoms with Crippen molar-refractivity contribution in [3.63, 3.8) is 0 Å². The number of hydrogen-bond acceptors (Lipinski definition) is 6. The molecule has 0 saturated heterocycles. The Bertz CT molecular complexity index is 1220. The van der Waals surface area contributed by atoms with Gasteiger partial charge in [-0.05, 0) is 78.9 Å². The molecule has 5 N–H and O–H groups in total. The number of benzene rings is 3. The van der Waals surface area contributed by atoms with Crippen LogP contribution in [0.1, 0.15) is 31.4 Å². The van der Waals surface area contributed by atoms with Gasteiger partial charge in [0.05, 0.1) is 18.0 Å². The van der Waals surface area contributed by atoms with Crippen LogP contribution in [0.15, 0.2) is 89.4 Å². The molecule has 0 unspecified atom stereocenters. The maximum Gasteiger partial charge on any atom is 0.412 e. The minimum absolute atomic E-state index is 0.0626. The van der Waals surface area contributed by atoms with E-state index in [2.05, 4.69) is 26.6 Å². The van der Waals surface area contributed by atoms with E-state index in [9.17, 15) is 9.59 Å². The monoisotopic (exact) mass is 581 g/mol. The van der Waals surface area contributed by atoms with Crippen molar-refractivity contribution in [3.05, 3.63) is 95.0 Å². The van der Waals surface area contributed by atoms with Gasteiger partial charge in [0.25, 0.3) is 0 Å². The fraction of sp³-hybridized carbons (Fsp3) is 0.241. The fourth-order valence-corrected chi connectivity index (χ4v) is 3.98. The minimum Gasteiger partial charge on any atom is -0.491 e.